The summed E-state index contributed by atoms with van der Waals surface area (Å²) in [6.45, 7) is 5.78. The number of Topliss-reactive ketones (excluding diaryl/α,β-unsaturated/α-hetero) is 1. The summed E-state index contributed by atoms with van der Waals surface area (Å²) in [4.78, 5) is 22.7. The minimum absolute atomic E-state index is 0.0132. The van der Waals surface area contributed by atoms with Crippen molar-refractivity contribution in [3.8, 4) is 0 Å². The number of aryl methyl sites for hydroxylation is 1. The third-order valence-corrected chi connectivity index (χ3v) is 5.08. The Balaban J connectivity index is 0.000000389. The van der Waals surface area contributed by atoms with Crippen molar-refractivity contribution in [3.05, 3.63) is 47.5 Å². The summed E-state index contributed by atoms with van der Waals surface area (Å²) in [6.07, 6.45) is 7.10. The van der Waals surface area contributed by atoms with Gasteiger partial charge < -0.3 is 9.47 Å². The summed E-state index contributed by atoms with van der Waals surface area (Å²) in [6, 6.07) is 5.12. The number of rotatable bonds is 11. The molecule has 0 atom stereocenters. The van der Waals surface area contributed by atoms with Crippen LogP contribution in [0.3, 0.4) is 0 Å². The van der Waals surface area contributed by atoms with E-state index in [1.807, 2.05) is 26.8 Å². The van der Waals surface area contributed by atoms with E-state index in [2.05, 4.69) is 6.08 Å². The van der Waals surface area contributed by atoms with Crippen LogP contribution in [0.4, 0.5) is 13.2 Å². The highest BCUT2D eigenvalue weighted by molar-refractivity contribution is 5.79. The topological polar surface area (TPSA) is 52.6 Å². The molecule has 0 bridgehead atoms. The lowest BCUT2D eigenvalue weighted by Gasteiger charge is -2.11. The Morgan fingerprint density at radius 2 is 1.85 bits per heavy atom. The lowest BCUT2D eigenvalue weighted by molar-refractivity contribution is -0.147. The number of alkyl halides is 3. The predicted octanol–water partition coefficient (Wildman–Crippen LogP) is 6.85. The number of hydrogen-bond acceptors (Lipinski definition) is 4. The first kappa shape index (κ1) is 28.9. The molecule has 1 saturated carbocycles. The van der Waals surface area contributed by atoms with Crippen LogP contribution in [0, 0.1) is 0 Å². The highest BCUT2D eigenvalue weighted by Gasteiger charge is 2.30. The molecule has 7 heteroatoms. The van der Waals surface area contributed by atoms with Gasteiger partial charge in [-0.15, -0.1) is 0 Å². The number of benzene rings is 1. The maximum absolute atomic E-state index is 12.6. The Bertz CT molecular complexity index is 735. The molecule has 1 aliphatic carbocycles. The summed E-state index contributed by atoms with van der Waals surface area (Å²) in [5.41, 5.74) is -0.145. The summed E-state index contributed by atoms with van der Waals surface area (Å²) in [5.74, 6) is -0.145. The van der Waals surface area contributed by atoms with Gasteiger partial charge in [0.15, 0.2) is 5.78 Å². The summed E-state index contributed by atoms with van der Waals surface area (Å²) >= 11 is 0. The summed E-state index contributed by atoms with van der Waals surface area (Å²) in [7, 11) is 0. The fourth-order valence-electron chi connectivity index (χ4n) is 3.38. The van der Waals surface area contributed by atoms with Gasteiger partial charge in [0, 0.05) is 12.8 Å². The van der Waals surface area contributed by atoms with Gasteiger partial charge >= 0.3 is 12.1 Å². The smallest absolute Gasteiger partial charge is 0.416 e. The number of unbranched alkanes of at least 4 members (excludes halogenated alkanes) is 1. The Morgan fingerprint density at radius 3 is 2.45 bits per heavy atom. The second-order valence-corrected chi connectivity index (χ2v) is 8.45. The molecule has 1 aliphatic rings. The maximum Gasteiger partial charge on any atom is 0.416 e. The van der Waals surface area contributed by atoms with Crippen LogP contribution in [0.2, 0.25) is 0 Å². The van der Waals surface area contributed by atoms with E-state index in [4.69, 9.17) is 9.47 Å². The molecule has 0 aromatic heterocycles. The van der Waals surface area contributed by atoms with E-state index in [1.54, 1.807) is 6.07 Å². The molecule has 1 fully saturated rings. The second kappa shape index (κ2) is 15.6. The van der Waals surface area contributed by atoms with Crippen molar-refractivity contribution in [2.45, 2.75) is 96.9 Å². The van der Waals surface area contributed by atoms with Gasteiger partial charge in [-0.05, 0) is 64.5 Å². The molecule has 0 amide bonds. The predicted molar refractivity (Wildman–Crippen MR) is 123 cm³/mol. The first-order chi connectivity index (χ1) is 15.6. The molecule has 0 radical (unpaired) electrons. The first-order valence-corrected chi connectivity index (χ1v) is 11.7. The van der Waals surface area contributed by atoms with Crippen molar-refractivity contribution in [2.75, 3.05) is 6.61 Å². The summed E-state index contributed by atoms with van der Waals surface area (Å²) in [5, 5.41) is 0. The highest BCUT2D eigenvalue weighted by Crippen LogP contribution is 2.29. The first-order valence-electron chi connectivity index (χ1n) is 11.7. The molecule has 0 N–H and O–H groups in total. The van der Waals surface area contributed by atoms with Gasteiger partial charge in [0.2, 0.25) is 0 Å². The van der Waals surface area contributed by atoms with Gasteiger partial charge in [0.05, 0.1) is 17.8 Å². The fourth-order valence-corrected chi connectivity index (χ4v) is 3.38. The third kappa shape index (κ3) is 13.9. The van der Waals surface area contributed by atoms with Crippen molar-refractivity contribution in [1.29, 1.82) is 0 Å². The molecular formula is C26H37F3O4. The zero-order valence-corrected chi connectivity index (χ0v) is 20.0. The molecule has 1 aromatic rings. The van der Waals surface area contributed by atoms with Crippen LogP contribution in [0.25, 0.3) is 0 Å². The molecular weight excluding hydrogens is 433 g/mol. The largest absolute Gasteiger partial charge is 0.463 e. The molecule has 1 aromatic carbocycles. The third-order valence-electron chi connectivity index (χ3n) is 5.08. The second-order valence-electron chi connectivity index (χ2n) is 8.45. The van der Waals surface area contributed by atoms with Crippen molar-refractivity contribution in [2.24, 2.45) is 0 Å². The van der Waals surface area contributed by atoms with Gasteiger partial charge in [-0.2, -0.15) is 13.2 Å². The van der Waals surface area contributed by atoms with Crippen LogP contribution in [0.15, 0.2) is 36.4 Å². The molecule has 186 valence electrons. The molecule has 0 heterocycles. The minimum atomic E-state index is -4.34. The number of esters is 1. The molecule has 0 saturated heterocycles. The molecule has 0 unspecified atom stereocenters. The van der Waals surface area contributed by atoms with Gasteiger partial charge in [0.1, 0.15) is 6.61 Å². The van der Waals surface area contributed by atoms with E-state index in [0.717, 1.165) is 50.7 Å². The van der Waals surface area contributed by atoms with Crippen molar-refractivity contribution < 1.29 is 32.2 Å². The van der Waals surface area contributed by atoms with Gasteiger partial charge in [-0.3, -0.25) is 9.59 Å². The Labute approximate surface area is 195 Å². The SMILES string of the molecule is C/C=C\CCCC(=O)OC(C)C.O=C(CCc1cccc(C(F)(F)F)c1)COC1CCCC1. The Hall–Kier alpha value is -2.15. The van der Waals surface area contributed by atoms with Crippen molar-refractivity contribution in [1.82, 2.24) is 0 Å². The number of halogens is 3. The number of hydrogen-bond donors (Lipinski definition) is 0. The van der Waals surface area contributed by atoms with Crippen LogP contribution < -0.4 is 0 Å². The monoisotopic (exact) mass is 470 g/mol. The zero-order chi connectivity index (χ0) is 24.7. The van der Waals surface area contributed by atoms with Crippen LogP contribution in [-0.2, 0) is 31.7 Å². The molecule has 2 rings (SSSR count). The van der Waals surface area contributed by atoms with Gasteiger partial charge in [-0.25, -0.2) is 0 Å². The van der Waals surface area contributed by atoms with Crippen LogP contribution in [-0.4, -0.2) is 30.6 Å². The average molecular weight is 471 g/mol. The van der Waals surface area contributed by atoms with Crippen LogP contribution in [0.1, 0.15) is 83.3 Å². The number of allylic oxidation sites excluding steroid dienone is 2. The van der Waals surface area contributed by atoms with Crippen LogP contribution in [0.5, 0.6) is 0 Å². The lowest BCUT2D eigenvalue weighted by atomic mass is 10.0. The summed E-state index contributed by atoms with van der Waals surface area (Å²) < 4.78 is 48.2. The van der Waals surface area contributed by atoms with E-state index in [0.29, 0.717) is 18.4 Å². The van der Waals surface area contributed by atoms with Gasteiger partial charge in [-0.1, -0.05) is 43.2 Å². The number of carbonyl (C=O) groups excluding carboxylic acids is 2. The number of ether oxygens (including phenoxy) is 2. The minimum Gasteiger partial charge on any atom is -0.463 e. The van der Waals surface area contributed by atoms with E-state index in [-0.39, 0.29) is 37.0 Å². The standard InChI is InChI=1S/C16H19F3O2.C10H18O2/c17-16(18,19)13-5-3-4-12(10-13)8-9-14(20)11-21-15-6-1-2-7-15;1-4-5-6-7-8-10(11)12-9(2)3/h3-5,10,15H,1-2,6-9,11H2;4-5,9H,6-8H2,1-3H3/b;5-4-. The van der Waals surface area contributed by atoms with E-state index >= 15 is 0 Å². The molecule has 4 nitrogen and oxygen atoms in total. The maximum atomic E-state index is 12.6. The van der Waals surface area contributed by atoms with E-state index < -0.39 is 11.7 Å². The molecule has 0 aliphatic heterocycles. The van der Waals surface area contributed by atoms with Gasteiger partial charge in [0.25, 0.3) is 0 Å². The highest BCUT2D eigenvalue weighted by atomic mass is 19.4. The number of carbonyl (C=O) groups is 2. The molecule has 0 spiro atoms. The van der Waals surface area contributed by atoms with Crippen molar-refractivity contribution >= 4 is 11.8 Å². The lowest BCUT2D eigenvalue weighted by Crippen LogP contribution is -2.16. The zero-order valence-electron chi connectivity index (χ0n) is 20.0. The Morgan fingerprint density at radius 1 is 1.15 bits per heavy atom. The van der Waals surface area contributed by atoms with Crippen LogP contribution >= 0.6 is 0 Å². The van der Waals surface area contributed by atoms with Crippen molar-refractivity contribution in [3.63, 3.8) is 0 Å². The van der Waals surface area contributed by atoms with E-state index in [1.165, 1.54) is 6.07 Å². The normalized spacial score (nSPS) is 14.4. The Kier molecular flexibility index (Phi) is 13.7. The molecule has 33 heavy (non-hydrogen) atoms. The van der Waals surface area contributed by atoms with E-state index in [9.17, 15) is 22.8 Å². The fraction of sp³-hybridized carbons (Fsp3) is 0.615. The number of ketones is 1. The average Bonchev–Trinajstić information content (AvgIpc) is 3.27. The quantitative estimate of drug-likeness (QED) is 0.202.